The van der Waals surface area contributed by atoms with Crippen molar-refractivity contribution in [2.45, 2.75) is 13.5 Å². The predicted molar refractivity (Wildman–Crippen MR) is 70.3 cm³/mol. The Morgan fingerprint density at radius 3 is 2.53 bits per heavy atom. The van der Waals surface area contributed by atoms with Gasteiger partial charge in [-0.1, -0.05) is 12.1 Å². The number of hydrogen-bond acceptors (Lipinski definition) is 2. The molecule has 0 saturated carbocycles. The molecule has 0 aliphatic heterocycles. The quantitative estimate of drug-likeness (QED) is 0.799. The van der Waals surface area contributed by atoms with Crippen LogP contribution in [0.5, 0.6) is 0 Å². The number of benzene rings is 1. The van der Waals surface area contributed by atoms with Crippen molar-refractivity contribution in [1.82, 2.24) is 4.90 Å². The second-order valence-electron chi connectivity index (χ2n) is 3.85. The molecule has 0 aliphatic carbocycles. The molecule has 0 aromatic heterocycles. The first-order valence-corrected chi connectivity index (χ1v) is 6.02. The van der Waals surface area contributed by atoms with Crippen molar-refractivity contribution in [2.75, 3.05) is 13.6 Å². The highest BCUT2D eigenvalue weighted by Crippen LogP contribution is 2.09. The smallest absolute Gasteiger partial charge is 0.0666 e. The van der Waals surface area contributed by atoms with Crippen LogP contribution in [-0.4, -0.2) is 18.5 Å². The molecule has 0 bridgehead atoms. The summed E-state index contributed by atoms with van der Waals surface area (Å²) >= 11 is 2.30. The van der Waals surface area contributed by atoms with E-state index < -0.39 is 0 Å². The average Bonchev–Trinajstić information content (AvgIpc) is 2.21. The van der Waals surface area contributed by atoms with Gasteiger partial charge in [0.15, 0.2) is 0 Å². The Hall–Kier alpha value is -0.600. The molecule has 0 aliphatic rings. The third kappa shape index (κ3) is 4.63. The number of rotatable bonds is 4. The minimum atomic E-state index is 0.0962. The van der Waals surface area contributed by atoms with Crippen LogP contribution < -0.4 is 0 Å². The summed E-state index contributed by atoms with van der Waals surface area (Å²) in [6.45, 7) is 3.68. The van der Waals surface area contributed by atoms with Gasteiger partial charge in [-0.3, -0.25) is 0 Å². The van der Waals surface area contributed by atoms with E-state index in [-0.39, 0.29) is 5.92 Å². The molecule has 1 aromatic carbocycles. The monoisotopic (exact) mass is 314 g/mol. The predicted octanol–water partition coefficient (Wildman–Crippen LogP) is 2.88. The maximum atomic E-state index is 8.71. The molecular weight excluding hydrogens is 299 g/mol. The van der Waals surface area contributed by atoms with E-state index in [1.54, 1.807) is 0 Å². The number of nitriles is 1. The van der Waals surface area contributed by atoms with Gasteiger partial charge in [0.2, 0.25) is 0 Å². The molecule has 0 heterocycles. The topological polar surface area (TPSA) is 27.0 Å². The van der Waals surface area contributed by atoms with Crippen LogP contribution in [0.1, 0.15) is 12.5 Å². The van der Waals surface area contributed by atoms with Crippen molar-refractivity contribution in [3.05, 3.63) is 33.4 Å². The van der Waals surface area contributed by atoms with Gasteiger partial charge >= 0.3 is 0 Å². The van der Waals surface area contributed by atoms with Gasteiger partial charge in [0.25, 0.3) is 0 Å². The highest BCUT2D eigenvalue weighted by Gasteiger charge is 2.05. The lowest BCUT2D eigenvalue weighted by Gasteiger charge is -2.17. The molecule has 0 spiro atoms. The summed E-state index contributed by atoms with van der Waals surface area (Å²) in [6.07, 6.45) is 0. The Kier molecular flexibility index (Phi) is 5.06. The van der Waals surface area contributed by atoms with E-state index in [2.05, 4.69) is 57.8 Å². The molecular formula is C12H15IN2. The van der Waals surface area contributed by atoms with E-state index in [4.69, 9.17) is 5.26 Å². The van der Waals surface area contributed by atoms with Gasteiger partial charge in [0, 0.05) is 16.7 Å². The van der Waals surface area contributed by atoms with E-state index in [1.165, 1.54) is 9.13 Å². The van der Waals surface area contributed by atoms with Crippen LogP contribution in [0.3, 0.4) is 0 Å². The third-order valence-corrected chi connectivity index (χ3v) is 2.89. The number of nitrogens with zero attached hydrogens (tertiary/aromatic N) is 2. The standard InChI is InChI=1S/C12H15IN2/c1-10(7-14)8-15(2)9-11-3-5-12(13)6-4-11/h3-6,10H,8-9H2,1-2H3. The van der Waals surface area contributed by atoms with Crippen LogP contribution in [0.4, 0.5) is 0 Å². The van der Waals surface area contributed by atoms with Crippen molar-refractivity contribution < 1.29 is 0 Å². The molecule has 0 fully saturated rings. The third-order valence-electron chi connectivity index (χ3n) is 2.17. The molecule has 0 saturated heterocycles. The Bertz CT molecular complexity index is 340. The number of halogens is 1. The summed E-state index contributed by atoms with van der Waals surface area (Å²) < 4.78 is 1.25. The molecule has 1 unspecified atom stereocenters. The van der Waals surface area contributed by atoms with Crippen molar-refractivity contribution in [2.24, 2.45) is 5.92 Å². The minimum Gasteiger partial charge on any atom is -0.301 e. The Morgan fingerprint density at radius 1 is 1.40 bits per heavy atom. The zero-order valence-corrected chi connectivity index (χ0v) is 11.2. The fourth-order valence-corrected chi connectivity index (χ4v) is 1.83. The van der Waals surface area contributed by atoms with Crippen molar-refractivity contribution >= 4 is 22.6 Å². The first-order chi connectivity index (χ1) is 7.11. The normalized spacial score (nSPS) is 12.5. The van der Waals surface area contributed by atoms with Gasteiger partial charge in [-0.25, -0.2) is 0 Å². The zero-order valence-electron chi connectivity index (χ0n) is 9.07. The molecule has 3 heteroatoms. The van der Waals surface area contributed by atoms with Crippen LogP contribution in [0, 0.1) is 20.8 Å². The van der Waals surface area contributed by atoms with E-state index in [9.17, 15) is 0 Å². The van der Waals surface area contributed by atoms with Crippen LogP contribution in [-0.2, 0) is 6.54 Å². The molecule has 1 rings (SSSR count). The molecule has 0 amide bonds. The van der Waals surface area contributed by atoms with Gasteiger partial charge in [-0.05, 0) is 54.3 Å². The largest absolute Gasteiger partial charge is 0.301 e. The van der Waals surface area contributed by atoms with Gasteiger partial charge in [-0.2, -0.15) is 5.26 Å². The summed E-state index contributed by atoms with van der Waals surface area (Å²) in [5, 5.41) is 8.71. The van der Waals surface area contributed by atoms with Crippen LogP contribution in [0.25, 0.3) is 0 Å². The highest BCUT2D eigenvalue weighted by molar-refractivity contribution is 14.1. The summed E-state index contributed by atoms with van der Waals surface area (Å²) in [6, 6.07) is 10.7. The Balaban J connectivity index is 2.48. The van der Waals surface area contributed by atoms with Crippen LogP contribution in [0.2, 0.25) is 0 Å². The summed E-state index contributed by atoms with van der Waals surface area (Å²) in [4.78, 5) is 2.18. The fourth-order valence-electron chi connectivity index (χ4n) is 1.47. The molecule has 80 valence electrons. The minimum absolute atomic E-state index is 0.0962. The number of hydrogen-bond donors (Lipinski definition) is 0. The maximum absolute atomic E-state index is 8.71. The maximum Gasteiger partial charge on any atom is 0.0666 e. The van der Waals surface area contributed by atoms with Crippen LogP contribution >= 0.6 is 22.6 Å². The Morgan fingerprint density at radius 2 is 2.00 bits per heavy atom. The van der Waals surface area contributed by atoms with Gasteiger partial charge in [-0.15, -0.1) is 0 Å². The molecule has 0 radical (unpaired) electrons. The fraction of sp³-hybridized carbons (Fsp3) is 0.417. The summed E-state index contributed by atoms with van der Waals surface area (Å²) in [7, 11) is 2.05. The lowest BCUT2D eigenvalue weighted by Crippen LogP contribution is -2.23. The SMILES string of the molecule is CC(C#N)CN(C)Cc1ccc(I)cc1. The van der Waals surface area contributed by atoms with Gasteiger partial charge < -0.3 is 4.90 Å². The summed E-state index contributed by atoms with van der Waals surface area (Å²) in [5.41, 5.74) is 1.29. The Labute approximate surface area is 105 Å². The van der Waals surface area contributed by atoms with Crippen molar-refractivity contribution in [1.29, 1.82) is 5.26 Å². The van der Waals surface area contributed by atoms with Gasteiger partial charge in [0.05, 0.1) is 12.0 Å². The second-order valence-corrected chi connectivity index (χ2v) is 5.10. The van der Waals surface area contributed by atoms with E-state index in [0.717, 1.165) is 13.1 Å². The van der Waals surface area contributed by atoms with E-state index in [1.807, 2.05) is 14.0 Å². The molecule has 1 atom stereocenters. The molecule has 0 N–H and O–H groups in total. The first kappa shape index (κ1) is 12.5. The lowest BCUT2D eigenvalue weighted by molar-refractivity contribution is 0.303. The molecule has 2 nitrogen and oxygen atoms in total. The van der Waals surface area contributed by atoms with Crippen molar-refractivity contribution in [3.8, 4) is 6.07 Å². The van der Waals surface area contributed by atoms with Gasteiger partial charge in [0.1, 0.15) is 0 Å². The summed E-state index contributed by atoms with van der Waals surface area (Å²) in [5.74, 6) is 0.0962. The molecule has 15 heavy (non-hydrogen) atoms. The first-order valence-electron chi connectivity index (χ1n) is 4.94. The van der Waals surface area contributed by atoms with Crippen molar-refractivity contribution in [3.63, 3.8) is 0 Å². The molecule has 1 aromatic rings. The second kappa shape index (κ2) is 6.09. The highest BCUT2D eigenvalue weighted by atomic mass is 127. The van der Waals surface area contributed by atoms with E-state index in [0.29, 0.717) is 0 Å². The lowest BCUT2D eigenvalue weighted by atomic mass is 10.1. The average molecular weight is 314 g/mol. The van der Waals surface area contributed by atoms with E-state index >= 15 is 0 Å². The zero-order chi connectivity index (χ0) is 11.3. The van der Waals surface area contributed by atoms with Crippen LogP contribution in [0.15, 0.2) is 24.3 Å².